The number of hydrogen-bond donors (Lipinski definition) is 2. The van der Waals surface area contributed by atoms with Crippen molar-refractivity contribution in [1.82, 2.24) is 15.2 Å². The normalized spacial score (nSPS) is 15.1. The van der Waals surface area contributed by atoms with Crippen molar-refractivity contribution in [2.75, 3.05) is 31.5 Å². The number of halogens is 2. The van der Waals surface area contributed by atoms with Crippen LogP contribution < -0.4 is 10.6 Å². The SMILES string of the molecule is O=C(CN1CCC(C(=O)NCCc2ccccc2F)CC1)Nc1ccc(Cl)cn1. The molecule has 2 N–H and O–H groups in total. The molecule has 0 bridgehead atoms. The number of benzene rings is 1. The van der Waals surface area contributed by atoms with Crippen molar-refractivity contribution in [1.29, 1.82) is 0 Å². The second-order valence-corrected chi connectivity index (χ2v) is 7.53. The molecule has 2 heterocycles. The van der Waals surface area contributed by atoms with E-state index >= 15 is 0 Å². The molecule has 154 valence electrons. The molecule has 1 saturated heterocycles. The number of nitrogens with one attached hydrogen (secondary N) is 2. The van der Waals surface area contributed by atoms with Crippen LogP contribution in [0.5, 0.6) is 0 Å². The van der Waals surface area contributed by atoms with E-state index in [4.69, 9.17) is 11.6 Å². The molecule has 0 unspecified atom stereocenters. The zero-order valence-electron chi connectivity index (χ0n) is 16.0. The molecule has 1 aliphatic rings. The first-order chi connectivity index (χ1) is 14.0. The molecule has 0 saturated carbocycles. The Bertz CT molecular complexity index is 839. The minimum Gasteiger partial charge on any atom is -0.356 e. The predicted molar refractivity (Wildman–Crippen MR) is 110 cm³/mol. The molecule has 0 radical (unpaired) electrons. The quantitative estimate of drug-likeness (QED) is 0.725. The third-order valence-corrected chi connectivity index (χ3v) is 5.20. The van der Waals surface area contributed by atoms with E-state index in [1.165, 1.54) is 12.3 Å². The van der Waals surface area contributed by atoms with Gasteiger partial charge in [0, 0.05) is 18.7 Å². The fourth-order valence-electron chi connectivity index (χ4n) is 3.35. The van der Waals surface area contributed by atoms with Crippen LogP contribution in [0, 0.1) is 11.7 Å². The fraction of sp³-hybridized carbons (Fsp3) is 0.381. The van der Waals surface area contributed by atoms with Gasteiger partial charge in [-0.15, -0.1) is 0 Å². The molecule has 2 amide bonds. The molecule has 0 atom stereocenters. The molecule has 6 nitrogen and oxygen atoms in total. The summed E-state index contributed by atoms with van der Waals surface area (Å²) in [6, 6.07) is 9.90. The first-order valence-electron chi connectivity index (χ1n) is 9.66. The number of aromatic nitrogens is 1. The molecular weight excluding hydrogens is 395 g/mol. The summed E-state index contributed by atoms with van der Waals surface area (Å²) >= 11 is 5.78. The van der Waals surface area contributed by atoms with Gasteiger partial charge in [-0.2, -0.15) is 0 Å². The number of anilines is 1. The van der Waals surface area contributed by atoms with Crippen LogP contribution in [0.4, 0.5) is 10.2 Å². The summed E-state index contributed by atoms with van der Waals surface area (Å²) in [5.74, 6) is -0.0121. The third-order valence-electron chi connectivity index (χ3n) is 4.97. The number of carbonyl (C=O) groups excluding carboxylic acids is 2. The number of piperidine rings is 1. The Morgan fingerprint density at radius 1 is 1.17 bits per heavy atom. The van der Waals surface area contributed by atoms with Gasteiger partial charge in [-0.25, -0.2) is 9.37 Å². The van der Waals surface area contributed by atoms with Gasteiger partial charge in [0.25, 0.3) is 0 Å². The molecule has 1 aromatic heterocycles. The Kier molecular flexibility index (Phi) is 7.55. The van der Waals surface area contributed by atoms with Crippen molar-refractivity contribution in [2.24, 2.45) is 5.92 Å². The van der Waals surface area contributed by atoms with Gasteiger partial charge in [-0.05, 0) is 56.1 Å². The van der Waals surface area contributed by atoms with Gasteiger partial charge in [-0.1, -0.05) is 29.8 Å². The van der Waals surface area contributed by atoms with Crippen LogP contribution in [0.1, 0.15) is 18.4 Å². The highest BCUT2D eigenvalue weighted by Gasteiger charge is 2.25. The number of amides is 2. The Morgan fingerprint density at radius 3 is 2.62 bits per heavy atom. The largest absolute Gasteiger partial charge is 0.356 e. The van der Waals surface area contributed by atoms with Crippen molar-refractivity contribution < 1.29 is 14.0 Å². The lowest BCUT2D eigenvalue weighted by Gasteiger charge is -2.30. The maximum Gasteiger partial charge on any atom is 0.239 e. The second kappa shape index (κ2) is 10.3. The van der Waals surface area contributed by atoms with Crippen molar-refractivity contribution in [3.63, 3.8) is 0 Å². The summed E-state index contributed by atoms with van der Waals surface area (Å²) in [5, 5.41) is 6.15. The highest BCUT2D eigenvalue weighted by molar-refractivity contribution is 6.30. The Morgan fingerprint density at radius 2 is 1.93 bits per heavy atom. The smallest absolute Gasteiger partial charge is 0.239 e. The minimum absolute atomic E-state index is 0.00388. The van der Waals surface area contributed by atoms with E-state index in [0.29, 0.717) is 55.3 Å². The van der Waals surface area contributed by atoms with Gasteiger partial charge in [-0.3, -0.25) is 14.5 Å². The first kappa shape index (κ1) is 21.2. The van der Waals surface area contributed by atoms with E-state index in [-0.39, 0.29) is 30.1 Å². The van der Waals surface area contributed by atoms with Gasteiger partial charge in [0.15, 0.2) is 0 Å². The van der Waals surface area contributed by atoms with Crippen LogP contribution >= 0.6 is 11.6 Å². The van der Waals surface area contributed by atoms with Crippen molar-refractivity contribution in [3.05, 3.63) is 59.0 Å². The lowest BCUT2D eigenvalue weighted by molar-refractivity contribution is -0.126. The average Bonchev–Trinajstić information content (AvgIpc) is 2.71. The summed E-state index contributed by atoms with van der Waals surface area (Å²) in [4.78, 5) is 30.6. The van der Waals surface area contributed by atoms with Crippen LogP contribution in [0.3, 0.4) is 0 Å². The lowest BCUT2D eigenvalue weighted by atomic mass is 9.96. The topological polar surface area (TPSA) is 74.3 Å². The monoisotopic (exact) mass is 418 g/mol. The second-order valence-electron chi connectivity index (χ2n) is 7.09. The van der Waals surface area contributed by atoms with Gasteiger partial charge < -0.3 is 10.6 Å². The zero-order valence-corrected chi connectivity index (χ0v) is 16.8. The van der Waals surface area contributed by atoms with Crippen LogP contribution in [0.15, 0.2) is 42.6 Å². The highest BCUT2D eigenvalue weighted by Crippen LogP contribution is 2.17. The summed E-state index contributed by atoms with van der Waals surface area (Å²) in [6.45, 7) is 2.02. The number of likely N-dealkylation sites (tertiary alicyclic amines) is 1. The van der Waals surface area contributed by atoms with E-state index in [1.54, 1.807) is 30.3 Å². The predicted octanol–water partition coefficient (Wildman–Crippen LogP) is 2.88. The Hall–Kier alpha value is -2.51. The molecule has 0 spiro atoms. The van der Waals surface area contributed by atoms with E-state index in [0.717, 1.165) is 0 Å². The standard InChI is InChI=1S/C21H24ClFN4O2/c22-17-5-6-19(25-13-17)26-20(28)14-27-11-8-16(9-12-27)21(29)24-10-7-15-3-1-2-4-18(15)23/h1-6,13,16H,7-12,14H2,(H,24,29)(H,25,26,28). The van der Waals surface area contributed by atoms with Crippen LogP contribution in [0.2, 0.25) is 5.02 Å². The van der Waals surface area contributed by atoms with Crippen molar-refractivity contribution >= 4 is 29.2 Å². The summed E-state index contributed by atoms with van der Waals surface area (Å²) < 4.78 is 13.6. The van der Waals surface area contributed by atoms with Crippen LogP contribution in [-0.2, 0) is 16.0 Å². The van der Waals surface area contributed by atoms with Gasteiger partial charge >= 0.3 is 0 Å². The van der Waals surface area contributed by atoms with Gasteiger partial charge in [0.05, 0.1) is 11.6 Å². The highest BCUT2D eigenvalue weighted by atomic mass is 35.5. The number of rotatable bonds is 7. The Balaban J connectivity index is 1.36. The molecule has 1 aromatic carbocycles. The minimum atomic E-state index is -0.248. The summed E-state index contributed by atoms with van der Waals surface area (Å²) in [7, 11) is 0. The van der Waals surface area contributed by atoms with Crippen LogP contribution in [-0.4, -0.2) is 47.9 Å². The number of pyridine rings is 1. The van der Waals surface area contributed by atoms with E-state index in [9.17, 15) is 14.0 Å². The molecule has 8 heteroatoms. The first-order valence-corrected chi connectivity index (χ1v) is 10.0. The maximum atomic E-state index is 13.6. The summed E-state index contributed by atoms with van der Waals surface area (Å²) in [6.07, 6.45) is 3.33. The third kappa shape index (κ3) is 6.51. The van der Waals surface area contributed by atoms with Gasteiger partial charge in [0.2, 0.25) is 11.8 Å². The Labute approximate surface area is 174 Å². The zero-order chi connectivity index (χ0) is 20.6. The lowest BCUT2D eigenvalue weighted by Crippen LogP contribution is -2.43. The number of carbonyl (C=O) groups is 2. The van der Waals surface area contributed by atoms with E-state index < -0.39 is 0 Å². The molecule has 3 rings (SSSR count). The molecule has 1 aliphatic heterocycles. The van der Waals surface area contributed by atoms with Gasteiger partial charge in [0.1, 0.15) is 11.6 Å². The molecule has 29 heavy (non-hydrogen) atoms. The fourth-order valence-corrected chi connectivity index (χ4v) is 3.47. The average molecular weight is 419 g/mol. The molecule has 1 fully saturated rings. The molecule has 0 aliphatic carbocycles. The molecule has 2 aromatic rings. The number of nitrogens with zero attached hydrogens (tertiary/aromatic N) is 2. The van der Waals surface area contributed by atoms with E-state index in [1.807, 2.05) is 4.90 Å². The van der Waals surface area contributed by atoms with Crippen molar-refractivity contribution in [3.8, 4) is 0 Å². The van der Waals surface area contributed by atoms with Crippen LogP contribution in [0.25, 0.3) is 0 Å². The number of hydrogen-bond acceptors (Lipinski definition) is 4. The summed E-state index contributed by atoms with van der Waals surface area (Å²) in [5.41, 5.74) is 0.601. The molecular formula is C21H24ClFN4O2. The maximum absolute atomic E-state index is 13.6. The van der Waals surface area contributed by atoms with E-state index in [2.05, 4.69) is 15.6 Å². The van der Waals surface area contributed by atoms with Crippen molar-refractivity contribution in [2.45, 2.75) is 19.3 Å².